The van der Waals surface area contributed by atoms with E-state index in [1.807, 2.05) is 13.1 Å². The van der Waals surface area contributed by atoms with Crippen LogP contribution in [0.2, 0.25) is 0 Å². The van der Waals surface area contributed by atoms with E-state index in [0.29, 0.717) is 23.3 Å². The van der Waals surface area contributed by atoms with Gasteiger partial charge >= 0.3 is 0 Å². The minimum absolute atomic E-state index is 0.473. The second-order valence-electron chi connectivity index (χ2n) is 4.97. The quantitative estimate of drug-likeness (QED) is 0.780. The molecule has 0 spiro atoms. The zero-order chi connectivity index (χ0) is 15.4. The van der Waals surface area contributed by atoms with E-state index in [4.69, 9.17) is 4.74 Å². The summed E-state index contributed by atoms with van der Waals surface area (Å²) in [5.41, 5.74) is 1.66. The summed E-state index contributed by atoms with van der Waals surface area (Å²) in [4.78, 5) is 9.16. The largest absolute Gasteiger partial charge is 0.480 e. The van der Waals surface area contributed by atoms with Gasteiger partial charge < -0.3 is 10.1 Å². The lowest BCUT2D eigenvalue weighted by Crippen LogP contribution is -2.08. The summed E-state index contributed by atoms with van der Waals surface area (Å²) >= 11 is 2.28. The minimum Gasteiger partial charge on any atom is -0.480 e. The molecule has 2 rings (SSSR count). The Kier molecular flexibility index (Phi) is 5.27. The van der Waals surface area contributed by atoms with Crippen LogP contribution >= 0.6 is 22.6 Å². The molecule has 0 bridgehead atoms. The number of hydrogen-bond acceptors (Lipinski definition) is 6. The molecule has 0 radical (unpaired) electrons. The summed E-state index contributed by atoms with van der Waals surface area (Å²) in [6.07, 6.45) is 0.895. The van der Waals surface area contributed by atoms with Gasteiger partial charge in [0.25, 0.3) is 0 Å². The number of rotatable bonds is 5. The van der Waals surface area contributed by atoms with Gasteiger partial charge in [0, 0.05) is 13.1 Å². The van der Waals surface area contributed by atoms with Crippen molar-refractivity contribution in [2.45, 2.75) is 20.3 Å². The van der Waals surface area contributed by atoms with Gasteiger partial charge in [-0.15, -0.1) is 10.2 Å². The first-order valence-corrected chi connectivity index (χ1v) is 7.75. The maximum atomic E-state index is 5.02. The van der Waals surface area contributed by atoms with Gasteiger partial charge in [0.1, 0.15) is 11.5 Å². The highest BCUT2D eigenvalue weighted by molar-refractivity contribution is 14.1. The van der Waals surface area contributed by atoms with Crippen LogP contribution in [0, 0.1) is 9.49 Å². The first-order valence-electron chi connectivity index (χ1n) is 6.67. The van der Waals surface area contributed by atoms with Crippen LogP contribution in [0.3, 0.4) is 0 Å². The molecule has 0 atom stereocenters. The van der Waals surface area contributed by atoms with Crippen LogP contribution in [0.15, 0.2) is 12.1 Å². The summed E-state index contributed by atoms with van der Waals surface area (Å²) in [7, 11) is 3.41. The molecule has 2 aromatic heterocycles. The van der Waals surface area contributed by atoms with Gasteiger partial charge in [-0.25, -0.2) is 9.97 Å². The van der Waals surface area contributed by atoms with Crippen molar-refractivity contribution in [1.82, 2.24) is 20.2 Å². The van der Waals surface area contributed by atoms with E-state index in [0.717, 1.165) is 21.5 Å². The third-order valence-electron chi connectivity index (χ3n) is 2.84. The lowest BCUT2D eigenvalue weighted by Gasteiger charge is -2.12. The standard InChI is InChI=1S/C14H18IN5O/c1-8(2)7-10-12(15)14(16-3)18-13(17-10)9-5-6-11(21-4)20-19-9/h5-6,8H,7H2,1-4H3,(H,16,17,18). The Hall–Kier alpha value is -1.51. The molecule has 21 heavy (non-hydrogen) atoms. The lowest BCUT2D eigenvalue weighted by atomic mass is 10.1. The van der Waals surface area contributed by atoms with Gasteiger partial charge in [-0.05, 0) is 41.0 Å². The second-order valence-corrected chi connectivity index (χ2v) is 6.04. The number of anilines is 1. The predicted molar refractivity (Wildman–Crippen MR) is 90.4 cm³/mol. The highest BCUT2D eigenvalue weighted by Gasteiger charge is 2.15. The smallest absolute Gasteiger partial charge is 0.233 e. The van der Waals surface area contributed by atoms with Crippen molar-refractivity contribution >= 4 is 28.4 Å². The van der Waals surface area contributed by atoms with Gasteiger partial charge in [0.2, 0.25) is 5.88 Å². The highest BCUT2D eigenvalue weighted by atomic mass is 127. The highest BCUT2D eigenvalue weighted by Crippen LogP contribution is 2.24. The summed E-state index contributed by atoms with van der Waals surface area (Å²) in [5.74, 6) is 2.38. The Labute approximate surface area is 137 Å². The molecule has 2 heterocycles. The molecule has 0 amide bonds. The van der Waals surface area contributed by atoms with Crippen molar-refractivity contribution in [1.29, 1.82) is 0 Å². The fourth-order valence-corrected chi connectivity index (χ4v) is 2.57. The number of halogens is 1. The minimum atomic E-state index is 0.473. The molecule has 1 N–H and O–H groups in total. The molecular formula is C14H18IN5O. The van der Waals surface area contributed by atoms with Crippen LogP contribution in [-0.2, 0) is 6.42 Å². The monoisotopic (exact) mass is 399 g/mol. The van der Waals surface area contributed by atoms with Crippen molar-refractivity contribution in [2.24, 2.45) is 5.92 Å². The van der Waals surface area contributed by atoms with Crippen molar-refractivity contribution in [3.05, 3.63) is 21.4 Å². The molecule has 0 aromatic carbocycles. The number of methoxy groups -OCH3 is 1. The van der Waals surface area contributed by atoms with Crippen molar-refractivity contribution in [2.75, 3.05) is 19.5 Å². The van der Waals surface area contributed by atoms with Crippen LogP contribution in [-0.4, -0.2) is 34.3 Å². The van der Waals surface area contributed by atoms with Crippen LogP contribution < -0.4 is 10.1 Å². The Morgan fingerprint density at radius 3 is 2.52 bits per heavy atom. The molecule has 7 heteroatoms. The number of aromatic nitrogens is 4. The summed E-state index contributed by atoms with van der Waals surface area (Å²) in [6.45, 7) is 4.34. The van der Waals surface area contributed by atoms with E-state index in [9.17, 15) is 0 Å². The van der Waals surface area contributed by atoms with Crippen LogP contribution in [0.25, 0.3) is 11.5 Å². The molecule has 0 unspecified atom stereocenters. The van der Waals surface area contributed by atoms with E-state index in [-0.39, 0.29) is 0 Å². The van der Waals surface area contributed by atoms with E-state index < -0.39 is 0 Å². The maximum Gasteiger partial charge on any atom is 0.233 e. The number of nitrogens with zero attached hydrogens (tertiary/aromatic N) is 4. The summed E-state index contributed by atoms with van der Waals surface area (Å²) in [6, 6.07) is 3.57. The Bertz CT molecular complexity index is 616. The first-order chi connectivity index (χ1) is 10.0. The molecule has 0 aliphatic rings. The summed E-state index contributed by atoms with van der Waals surface area (Å²) in [5, 5.41) is 11.2. The average Bonchev–Trinajstić information content (AvgIpc) is 2.49. The van der Waals surface area contributed by atoms with E-state index in [1.54, 1.807) is 13.2 Å². The van der Waals surface area contributed by atoms with Crippen molar-refractivity contribution < 1.29 is 4.74 Å². The zero-order valence-electron chi connectivity index (χ0n) is 12.5. The molecule has 0 fully saturated rings. The van der Waals surface area contributed by atoms with Crippen molar-refractivity contribution in [3.63, 3.8) is 0 Å². The van der Waals surface area contributed by atoms with E-state index in [2.05, 4.69) is 61.9 Å². The fourth-order valence-electron chi connectivity index (χ4n) is 1.84. The molecule has 0 saturated carbocycles. The van der Waals surface area contributed by atoms with E-state index >= 15 is 0 Å². The van der Waals surface area contributed by atoms with Gasteiger partial charge in [-0.2, -0.15) is 0 Å². The predicted octanol–water partition coefficient (Wildman–Crippen LogP) is 2.79. The first kappa shape index (κ1) is 15.9. The molecule has 0 aliphatic heterocycles. The topological polar surface area (TPSA) is 72.8 Å². The SMILES string of the molecule is CNc1nc(-c2ccc(OC)nn2)nc(CC(C)C)c1I. The second kappa shape index (κ2) is 6.97. The van der Waals surface area contributed by atoms with Gasteiger partial charge in [0.15, 0.2) is 5.82 Å². The Morgan fingerprint density at radius 1 is 1.24 bits per heavy atom. The van der Waals surface area contributed by atoms with Crippen molar-refractivity contribution in [3.8, 4) is 17.4 Å². The third-order valence-corrected chi connectivity index (χ3v) is 3.97. The van der Waals surface area contributed by atoms with Crippen LogP contribution in [0.5, 0.6) is 5.88 Å². The van der Waals surface area contributed by atoms with Gasteiger partial charge in [-0.3, -0.25) is 0 Å². The molecule has 0 saturated heterocycles. The van der Waals surface area contributed by atoms with Crippen LogP contribution in [0.1, 0.15) is 19.5 Å². The summed E-state index contributed by atoms with van der Waals surface area (Å²) < 4.78 is 6.07. The normalized spacial score (nSPS) is 10.8. The number of nitrogens with one attached hydrogen (secondary N) is 1. The maximum absolute atomic E-state index is 5.02. The number of hydrogen-bond donors (Lipinski definition) is 1. The molecular weight excluding hydrogens is 381 g/mol. The number of ether oxygens (including phenoxy) is 1. The fraction of sp³-hybridized carbons (Fsp3) is 0.429. The molecule has 0 aliphatic carbocycles. The lowest BCUT2D eigenvalue weighted by molar-refractivity contribution is 0.392. The molecule has 112 valence electrons. The van der Waals surface area contributed by atoms with Gasteiger partial charge in [-0.1, -0.05) is 13.8 Å². The Balaban J connectivity index is 2.46. The zero-order valence-corrected chi connectivity index (χ0v) is 14.7. The third kappa shape index (κ3) is 3.78. The molecule has 6 nitrogen and oxygen atoms in total. The Morgan fingerprint density at radius 2 is 2.00 bits per heavy atom. The average molecular weight is 399 g/mol. The van der Waals surface area contributed by atoms with E-state index in [1.165, 1.54) is 0 Å². The van der Waals surface area contributed by atoms with Crippen LogP contribution in [0.4, 0.5) is 5.82 Å². The molecule has 2 aromatic rings. The van der Waals surface area contributed by atoms with Gasteiger partial charge in [0.05, 0.1) is 16.4 Å².